The van der Waals surface area contributed by atoms with Crippen molar-refractivity contribution in [2.75, 3.05) is 32.8 Å². The van der Waals surface area contributed by atoms with Crippen molar-refractivity contribution in [3.8, 4) is 0 Å². The molecule has 0 aliphatic carbocycles. The van der Waals surface area contributed by atoms with Gasteiger partial charge in [-0.15, -0.1) is 0 Å². The summed E-state index contributed by atoms with van der Waals surface area (Å²) in [4.78, 5) is 14.4. The van der Waals surface area contributed by atoms with Crippen molar-refractivity contribution >= 4 is 5.97 Å². The summed E-state index contributed by atoms with van der Waals surface area (Å²) in [7, 11) is 0. The van der Waals surface area contributed by atoms with E-state index in [1.807, 2.05) is 6.92 Å². The average Bonchev–Trinajstić information content (AvgIpc) is 2.45. The van der Waals surface area contributed by atoms with Crippen LogP contribution in [0.4, 0.5) is 0 Å². The first kappa shape index (κ1) is 14.5. The molecular formula is C13H26N2O2. The fourth-order valence-electron chi connectivity index (χ4n) is 2.40. The maximum Gasteiger partial charge on any atom is 0.323 e. The first-order chi connectivity index (χ1) is 7.96. The molecule has 1 fully saturated rings. The molecule has 1 N–H and O–H groups in total. The largest absolute Gasteiger partial charge is 0.465 e. The smallest absolute Gasteiger partial charge is 0.323 e. The minimum absolute atomic E-state index is 0.0816. The number of hydrogen-bond acceptors (Lipinski definition) is 4. The molecule has 4 nitrogen and oxygen atoms in total. The van der Waals surface area contributed by atoms with Gasteiger partial charge >= 0.3 is 5.97 Å². The summed E-state index contributed by atoms with van der Waals surface area (Å²) in [6, 6.07) is -0.137. The van der Waals surface area contributed by atoms with E-state index in [0.717, 1.165) is 32.6 Å². The highest BCUT2D eigenvalue weighted by Gasteiger charge is 2.37. The fraction of sp³-hybridized carbons (Fsp3) is 0.923. The van der Waals surface area contributed by atoms with Gasteiger partial charge < -0.3 is 10.1 Å². The Morgan fingerprint density at radius 1 is 1.35 bits per heavy atom. The highest BCUT2D eigenvalue weighted by molar-refractivity contribution is 5.76. The third-order valence-electron chi connectivity index (χ3n) is 3.07. The Bertz CT molecular complexity index is 240. The number of nitrogens with zero attached hydrogens (tertiary/aromatic N) is 1. The lowest BCUT2D eigenvalue weighted by Crippen LogP contribution is -2.51. The van der Waals surface area contributed by atoms with Crippen molar-refractivity contribution in [3.05, 3.63) is 0 Å². The molecular weight excluding hydrogens is 216 g/mol. The molecule has 1 saturated heterocycles. The van der Waals surface area contributed by atoms with Gasteiger partial charge in [0.2, 0.25) is 0 Å². The number of carbonyl (C=O) groups excluding carboxylic acids is 1. The summed E-state index contributed by atoms with van der Waals surface area (Å²) >= 11 is 0. The van der Waals surface area contributed by atoms with Crippen LogP contribution in [0.2, 0.25) is 0 Å². The van der Waals surface area contributed by atoms with Gasteiger partial charge in [-0.1, -0.05) is 20.8 Å². The van der Waals surface area contributed by atoms with Crippen molar-refractivity contribution in [2.24, 2.45) is 5.41 Å². The molecule has 17 heavy (non-hydrogen) atoms. The zero-order valence-electron chi connectivity index (χ0n) is 11.6. The van der Waals surface area contributed by atoms with Crippen LogP contribution in [-0.4, -0.2) is 49.7 Å². The van der Waals surface area contributed by atoms with E-state index in [0.29, 0.717) is 6.61 Å². The molecule has 0 bridgehead atoms. The highest BCUT2D eigenvalue weighted by atomic mass is 16.5. The number of carbonyl (C=O) groups is 1. The number of hydrogen-bond donors (Lipinski definition) is 1. The molecule has 0 aromatic carbocycles. The van der Waals surface area contributed by atoms with Crippen LogP contribution in [0.1, 0.15) is 34.1 Å². The minimum Gasteiger partial charge on any atom is -0.465 e. The van der Waals surface area contributed by atoms with E-state index < -0.39 is 0 Å². The van der Waals surface area contributed by atoms with E-state index in [-0.39, 0.29) is 17.4 Å². The van der Waals surface area contributed by atoms with Crippen molar-refractivity contribution in [3.63, 3.8) is 0 Å². The van der Waals surface area contributed by atoms with Crippen LogP contribution in [0.5, 0.6) is 0 Å². The maximum atomic E-state index is 12.1. The van der Waals surface area contributed by atoms with Crippen LogP contribution in [-0.2, 0) is 9.53 Å². The Labute approximate surface area is 105 Å². The second kappa shape index (κ2) is 6.36. The lowest BCUT2D eigenvalue weighted by Gasteiger charge is -2.37. The van der Waals surface area contributed by atoms with E-state index in [9.17, 15) is 4.79 Å². The number of ether oxygens (including phenoxy) is 1. The summed E-state index contributed by atoms with van der Waals surface area (Å²) < 4.78 is 5.22. The van der Waals surface area contributed by atoms with Crippen LogP contribution < -0.4 is 5.32 Å². The van der Waals surface area contributed by atoms with Gasteiger partial charge in [-0.3, -0.25) is 9.69 Å². The number of esters is 1. The van der Waals surface area contributed by atoms with E-state index >= 15 is 0 Å². The molecule has 1 rings (SSSR count). The van der Waals surface area contributed by atoms with E-state index in [4.69, 9.17) is 4.74 Å². The molecule has 0 aromatic heterocycles. The zero-order chi connectivity index (χ0) is 12.9. The summed E-state index contributed by atoms with van der Waals surface area (Å²) in [6.45, 7) is 12.5. The van der Waals surface area contributed by atoms with Gasteiger partial charge in [0.05, 0.1) is 6.61 Å². The van der Waals surface area contributed by atoms with Crippen LogP contribution in [0, 0.1) is 5.41 Å². The monoisotopic (exact) mass is 242 g/mol. The van der Waals surface area contributed by atoms with Crippen molar-refractivity contribution < 1.29 is 9.53 Å². The molecule has 1 unspecified atom stereocenters. The minimum atomic E-state index is -0.137. The van der Waals surface area contributed by atoms with Crippen LogP contribution in [0.25, 0.3) is 0 Å². The third kappa shape index (κ3) is 4.28. The van der Waals surface area contributed by atoms with Gasteiger partial charge in [-0.25, -0.2) is 0 Å². The van der Waals surface area contributed by atoms with Crippen molar-refractivity contribution in [2.45, 2.75) is 40.2 Å². The lowest BCUT2D eigenvalue weighted by molar-refractivity contribution is -0.154. The molecule has 1 aliphatic heterocycles. The second-order valence-electron chi connectivity index (χ2n) is 5.66. The van der Waals surface area contributed by atoms with Gasteiger partial charge in [-0.05, 0) is 25.3 Å². The molecule has 0 spiro atoms. The molecule has 4 heteroatoms. The zero-order valence-corrected chi connectivity index (χ0v) is 11.6. The lowest BCUT2D eigenvalue weighted by atomic mass is 9.85. The van der Waals surface area contributed by atoms with Gasteiger partial charge in [0.15, 0.2) is 0 Å². The summed E-state index contributed by atoms with van der Waals surface area (Å²) in [5.41, 5.74) is -0.0867. The Balaban J connectivity index is 2.77. The normalized spacial score (nSPS) is 20.7. The molecule has 1 heterocycles. The highest BCUT2D eigenvalue weighted by Crippen LogP contribution is 2.26. The van der Waals surface area contributed by atoms with Crippen molar-refractivity contribution in [1.82, 2.24) is 10.2 Å². The van der Waals surface area contributed by atoms with Crippen LogP contribution in [0.15, 0.2) is 0 Å². The number of rotatable bonds is 3. The first-order valence-corrected chi connectivity index (χ1v) is 6.58. The predicted octanol–water partition coefficient (Wildman–Crippen LogP) is 1.26. The molecule has 1 atom stereocenters. The Kier molecular flexibility index (Phi) is 5.40. The predicted molar refractivity (Wildman–Crippen MR) is 68.9 cm³/mol. The average molecular weight is 242 g/mol. The van der Waals surface area contributed by atoms with Gasteiger partial charge in [-0.2, -0.15) is 0 Å². The number of nitrogens with one attached hydrogen (secondary N) is 1. The van der Waals surface area contributed by atoms with Gasteiger partial charge in [0.1, 0.15) is 6.04 Å². The second-order valence-corrected chi connectivity index (χ2v) is 5.66. The van der Waals surface area contributed by atoms with Crippen LogP contribution in [0.3, 0.4) is 0 Å². The first-order valence-electron chi connectivity index (χ1n) is 6.58. The van der Waals surface area contributed by atoms with Gasteiger partial charge in [0, 0.05) is 19.6 Å². The summed E-state index contributed by atoms with van der Waals surface area (Å²) in [6.07, 6.45) is 1.09. The van der Waals surface area contributed by atoms with Gasteiger partial charge in [0.25, 0.3) is 0 Å². The Hall–Kier alpha value is -0.610. The molecule has 0 amide bonds. The Morgan fingerprint density at radius 2 is 2.06 bits per heavy atom. The van der Waals surface area contributed by atoms with Crippen LogP contribution >= 0.6 is 0 Å². The van der Waals surface area contributed by atoms with Crippen molar-refractivity contribution in [1.29, 1.82) is 0 Å². The third-order valence-corrected chi connectivity index (χ3v) is 3.07. The fourth-order valence-corrected chi connectivity index (χ4v) is 2.40. The standard InChI is InChI=1S/C13H26N2O2/c1-5-17-12(16)11(13(2,3)4)15-9-6-7-14-8-10-15/h11,14H,5-10H2,1-4H3. The maximum absolute atomic E-state index is 12.1. The summed E-state index contributed by atoms with van der Waals surface area (Å²) in [5, 5.41) is 3.36. The molecule has 0 radical (unpaired) electrons. The SMILES string of the molecule is CCOC(=O)C(N1CCCNCC1)C(C)(C)C. The molecule has 1 aliphatic rings. The van der Waals surface area contributed by atoms with E-state index in [2.05, 4.69) is 31.0 Å². The summed E-state index contributed by atoms with van der Waals surface area (Å²) in [5.74, 6) is -0.0816. The van der Waals surface area contributed by atoms with E-state index in [1.54, 1.807) is 0 Å². The Morgan fingerprint density at radius 3 is 2.65 bits per heavy atom. The molecule has 0 aromatic rings. The quantitative estimate of drug-likeness (QED) is 0.757. The topological polar surface area (TPSA) is 41.6 Å². The molecule has 0 saturated carbocycles. The molecule has 100 valence electrons. The van der Waals surface area contributed by atoms with E-state index in [1.165, 1.54) is 0 Å².